The van der Waals surface area contributed by atoms with Gasteiger partial charge in [0, 0.05) is 5.57 Å². The Hall–Kier alpha value is -1.56. The first-order valence-corrected chi connectivity index (χ1v) is 5.72. The third kappa shape index (κ3) is 6.90. The van der Waals surface area contributed by atoms with Gasteiger partial charge in [0.1, 0.15) is 0 Å². The Morgan fingerprint density at radius 2 is 2.00 bits per heavy atom. The van der Waals surface area contributed by atoms with Crippen LogP contribution in [0.2, 0.25) is 0 Å². The molecule has 18 heavy (non-hydrogen) atoms. The molecule has 0 aromatic rings. The molecule has 0 fully saturated rings. The third-order valence-electron chi connectivity index (χ3n) is 2.44. The highest BCUT2D eigenvalue weighted by molar-refractivity contribution is 5.92. The highest BCUT2D eigenvalue weighted by atomic mass is 16.7. The van der Waals surface area contributed by atoms with E-state index in [1.54, 1.807) is 13.8 Å². The summed E-state index contributed by atoms with van der Waals surface area (Å²) in [6.45, 7) is 7.39. The summed E-state index contributed by atoms with van der Waals surface area (Å²) in [7, 11) is 3.78. The van der Waals surface area contributed by atoms with E-state index in [2.05, 4.69) is 16.6 Å². The van der Waals surface area contributed by atoms with E-state index in [1.807, 2.05) is 19.0 Å². The molecule has 0 heterocycles. The van der Waals surface area contributed by atoms with Crippen LogP contribution in [-0.2, 0) is 9.53 Å². The van der Waals surface area contributed by atoms with Crippen LogP contribution in [0.15, 0.2) is 12.2 Å². The van der Waals surface area contributed by atoms with Gasteiger partial charge in [-0.05, 0) is 40.9 Å². The van der Waals surface area contributed by atoms with Gasteiger partial charge in [0.2, 0.25) is 5.91 Å². The maximum absolute atomic E-state index is 11.5. The topological polar surface area (TPSA) is 81.7 Å². The van der Waals surface area contributed by atoms with Crippen LogP contribution >= 0.6 is 0 Å². The average Bonchev–Trinajstić information content (AvgIpc) is 2.21. The van der Waals surface area contributed by atoms with Crippen LogP contribution in [0.3, 0.4) is 0 Å². The molecule has 0 saturated heterocycles. The highest BCUT2D eigenvalue weighted by Gasteiger charge is 2.19. The normalized spacial score (nSPS) is 13.8. The maximum Gasteiger partial charge on any atom is 0.252 e. The lowest BCUT2D eigenvalue weighted by Gasteiger charge is -2.29. The van der Waals surface area contributed by atoms with Gasteiger partial charge in [-0.1, -0.05) is 6.58 Å². The first kappa shape index (κ1) is 16.4. The molecule has 2 unspecified atom stereocenters. The van der Waals surface area contributed by atoms with Gasteiger partial charge in [-0.25, -0.2) is 0 Å². The molecule has 6 nitrogen and oxygen atoms in total. The molecule has 0 aliphatic heterocycles. The number of amides is 1. The summed E-state index contributed by atoms with van der Waals surface area (Å²) in [5.74, 6) is -0.312. The van der Waals surface area contributed by atoms with Gasteiger partial charge in [-0.15, -0.1) is 0 Å². The van der Waals surface area contributed by atoms with E-state index in [0.29, 0.717) is 18.5 Å². The third-order valence-corrected chi connectivity index (χ3v) is 2.44. The van der Waals surface area contributed by atoms with Gasteiger partial charge in [0.05, 0.1) is 12.1 Å². The molecule has 0 aromatic carbocycles. The molecule has 1 N–H and O–H groups in total. The van der Waals surface area contributed by atoms with E-state index < -0.39 is 18.3 Å². The van der Waals surface area contributed by atoms with Gasteiger partial charge >= 0.3 is 0 Å². The molecule has 0 rings (SSSR count). The molecule has 2 atom stereocenters. The Balaban J connectivity index is 4.54. The number of hydrogen-bond donors (Lipinski definition) is 1. The highest BCUT2D eigenvalue weighted by Crippen LogP contribution is 2.05. The number of carboxylic acid groups (broad SMARTS) is 1. The SMILES string of the molecule is C=C(C)C(=O)NC(CCN(C)C)C(C)OC(=O)[O-]. The van der Waals surface area contributed by atoms with Crippen molar-refractivity contribution in [2.75, 3.05) is 20.6 Å². The van der Waals surface area contributed by atoms with Crippen molar-refractivity contribution in [3.05, 3.63) is 12.2 Å². The number of carbonyl (C=O) groups is 2. The molecule has 0 aromatic heterocycles. The summed E-state index contributed by atoms with van der Waals surface area (Å²) in [5, 5.41) is 13.1. The summed E-state index contributed by atoms with van der Waals surface area (Å²) in [5.41, 5.74) is 0.366. The number of nitrogens with zero attached hydrogens (tertiary/aromatic N) is 1. The lowest BCUT2D eigenvalue weighted by Crippen LogP contribution is -2.46. The fourth-order valence-electron chi connectivity index (χ4n) is 1.35. The second-order valence-electron chi connectivity index (χ2n) is 4.53. The van der Waals surface area contributed by atoms with Crippen molar-refractivity contribution in [1.29, 1.82) is 0 Å². The Bertz CT molecular complexity index is 315. The zero-order valence-electron chi connectivity index (χ0n) is 11.4. The molecule has 0 saturated carbocycles. The Morgan fingerprint density at radius 1 is 1.44 bits per heavy atom. The van der Waals surface area contributed by atoms with E-state index >= 15 is 0 Å². The molecule has 0 radical (unpaired) electrons. The fraction of sp³-hybridized carbons (Fsp3) is 0.667. The first-order chi connectivity index (χ1) is 8.23. The number of rotatable bonds is 7. The molecule has 1 amide bonds. The van der Waals surface area contributed by atoms with Crippen molar-refractivity contribution in [2.45, 2.75) is 32.4 Å². The maximum atomic E-state index is 11.5. The smallest absolute Gasteiger partial charge is 0.252 e. The minimum atomic E-state index is -1.60. The summed E-state index contributed by atoms with van der Waals surface area (Å²) in [4.78, 5) is 23.9. The average molecular weight is 257 g/mol. The van der Waals surface area contributed by atoms with E-state index in [-0.39, 0.29) is 5.91 Å². The predicted molar refractivity (Wildman–Crippen MR) is 65.9 cm³/mol. The first-order valence-electron chi connectivity index (χ1n) is 5.72. The lowest BCUT2D eigenvalue weighted by molar-refractivity contribution is -0.287. The number of nitrogens with one attached hydrogen (secondary N) is 1. The monoisotopic (exact) mass is 257 g/mol. The largest absolute Gasteiger partial charge is 0.544 e. The summed E-state index contributed by atoms with van der Waals surface area (Å²) in [6, 6.07) is -0.408. The van der Waals surface area contributed by atoms with E-state index in [0.717, 1.165) is 0 Å². The van der Waals surface area contributed by atoms with Gasteiger partial charge in [0.25, 0.3) is 6.16 Å². The molecule has 0 aliphatic rings. The van der Waals surface area contributed by atoms with Gasteiger partial charge in [0.15, 0.2) is 0 Å². The summed E-state index contributed by atoms with van der Waals surface area (Å²) >= 11 is 0. The van der Waals surface area contributed by atoms with Crippen LogP contribution in [0.4, 0.5) is 4.79 Å². The Labute approximate surface area is 108 Å². The van der Waals surface area contributed by atoms with Crippen molar-refractivity contribution in [2.24, 2.45) is 0 Å². The predicted octanol–water partition coefficient (Wildman–Crippen LogP) is -0.253. The van der Waals surface area contributed by atoms with Crippen molar-refractivity contribution in [3.63, 3.8) is 0 Å². The van der Waals surface area contributed by atoms with Crippen LogP contribution in [0.5, 0.6) is 0 Å². The minimum absolute atomic E-state index is 0.312. The van der Waals surface area contributed by atoms with Crippen LogP contribution in [-0.4, -0.2) is 49.7 Å². The standard InChI is InChI=1S/C12H22N2O4/c1-8(2)11(15)13-10(6-7-14(4)5)9(3)18-12(16)17/h9-10H,1,6-7H2,2-5H3,(H,13,15)(H,16,17)/p-1. The molecule has 0 spiro atoms. The van der Waals surface area contributed by atoms with E-state index in [4.69, 9.17) is 0 Å². The van der Waals surface area contributed by atoms with E-state index in [1.165, 1.54) is 0 Å². The molecule has 0 aliphatic carbocycles. The second-order valence-corrected chi connectivity index (χ2v) is 4.53. The van der Waals surface area contributed by atoms with Crippen molar-refractivity contribution in [3.8, 4) is 0 Å². The number of hydrogen-bond acceptors (Lipinski definition) is 5. The fourth-order valence-corrected chi connectivity index (χ4v) is 1.35. The van der Waals surface area contributed by atoms with Crippen molar-refractivity contribution < 1.29 is 19.4 Å². The van der Waals surface area contributed by atoms with Crippen LogP contribution in [0.1, 0.15) is 20.3 Å². The van der Waals surface area contributed by atoms with Crippen molar-refractivity contribution in [1.82, 2.24) is 10.2 Å². The van der Waals surface area contributed by atoms with Gasteiger partial charge < -0.3 is 24.9 Å². The zero-order valence-corrected chi connectivity index (χ0v) is 11.4. The second kappa shape index (κ2) is 7.71. The molecular formula is C12H21N2O4-. The Morgan fingerprint density at radius 3 is 2.39 bits per heavy atom. The quantitative estimate of drug-likeness (QED) is 0.502. The summed E-state index contributed by atoms with van der Waals surface area (Å²) in [6.07, 6.45) is -1.69. The molecular weight excluding hydrogens is 236 g/mol. The van der Waals surface area contributed by atoms with Crippen molar-refractivity contribution >= 4 is 12.1 Å². The minimum Gasteiger partial charge on any atom is -0.544 e. The Kier molecular flexibility index (Phi) is 7.04. The molecule has 6 heteroatoms. The van der Waals surface area contributed by atoms with Crippen LogP contribution in [0.25, 0.3) is 0 Å². The number of ether oxygens (including phenoxy) is 1. The number of carbonyl (C=O) groups excluding carboxylic acids is 2. The van der Waals surface area contributed by atoms with Gasteiger partial charge in [-0.2, -0.15) is 0 Å². The molecule has 0 bridgehead atoms. The zero-order chi connectivity index (χ0) is 14.3. The lowest BCUT2D eigenvalue weighted by atomic mass is 10.1. The van der Waals surface area contributed by atoms with Gasteiger partial charge in [-0.3, -0.25) is 4.79 Å². The summed E-state index contributed by atoms with van der Waals surface area (Å²) < 4.78 is 4.57. The van der Waals surface area contributed by atoms with Crippen LogP contribution < -0.4 is 10.4 Å². The van der Waals surface area contributed by atoms with Crippen LogP contribution in [0, 0.1) is 0 Å². The van der Waals surface area contributed by atoms with E-state index in [9.17, 15) is 14.7 Å². The molecule has 104 valence electrons.